The highest BCUT2D eigenvalue weighted by Gasteiger charge is 2.10. The summed E-state index contributed by atoms with van der Waals surface area (Å²) in [6.45, 7) is 1.70. The summed E-state index contributed by atoms with van der Waals surface area (Å²) in [5.41, 5.74) is -1.09. The minimum atomic E-state index is -0.605. The van der Waals surface area contributed by atoms with Crippen LogP contribution in [0.5, 0.6) is 0 Å². The van der Waals surface area contributed by atoms with Crippen molar-refractivity contribution < 1.29 is 9.21 Å². The fraction of sp³-hybridized carbons (Fsp3) is 0.308. The smallest absolute Gasteiger partial charge is 0.328 e. The summed E-state index contributed by atoms with van der Waals surface area (Å²) in [6, 6.07) is 4.69. The van der Waals surface area contributed by atoms with Gasteiger partial charge in [-0.1, -0.05) is 0 Å². The molecule has 7 heteroatoms. The third kappa shape index (κ3) is 3.71. The maximum absolute atomic E-state index is 11.8. The fourth-order valence-corrected chi connectivity index (χ4v) is 1.83. The predicted octanol–water partition coefficient (Wildman–Crippen LogP) is -0.123. The van der Waals surface area contributed by atoms with E-state index in [-0.39, 0.29) is 18.5 Å². The summed E-state index contributed by atoms with van der Waals surface area (Å²) >= 11 is 0. The summed E-state index contributed by atoms with van der Waals surface area (Å²) in [4.78, 5) is 36.2. The molecule has 2 aromatic heterocycles. The van der Waals surface area contributed by atoms with Crippen molar-refractivity contribution in [2.24, 2.45) is 0 Å². The molecule has 1 atom stereocenters. The first-order valence-corrected chi connectivity index (χ1v) is 6.16. The second kappa shape index (κ2) is 6.05. The van der Waals surface area contributed by atoms with E-state index in [0.717, 1.165) is 10.3 Å². The van der Waals surface area contributed by atoms with Crippen molar-refractivity contribution >= 4 is 5.91 Å². The molecule has 0 aliphatic carbocycles. The molecule has 2 heterocycles. The van der Waals surface area contributed by atoms with E-state index < -0.39 is 11.2 Å². The number of furan rings is 1. The Morgan fingerprint density at radius 2 is 2.25 bits per heavy atom. The van der Waals surface area contributed by atoms with E-state index in [0.29, 0.717) is 6.42 Å². The summed E-state index contributed by atoms with van der Waals surface area (Å²) < 4.78 is 6.33. The Labute approximate surface area is 114 Å². The minimum Gasteiger partial charge on any atom is -0.469 e. The van der Waals surface area contributed by atoms with Crippen molar-refractivity contribution in [2.75, 3.05) is 0 Å². The van der Waals surface area contributed by atoms with E-state index in [9.17, 15) is 14.4 Å². The summed E-state index contributed by atoms with van der Waals surface area (Å²) in [5, 5.41) is 2.76. The summed E-state index contributed by atoms with van der Waals surface area (Å²) in [5.74, 6) is 0.470. The van der Waals surface area contributed by atoms with Gasteiger partial charge in [0, 0.05) is 24.7 Å². The van der Waals surface area contributed by atoms with Crippen LogP contribution in [-0.2, 0) is 17.8 Å². The lowest BCUT2D eigenvalue weighted by molar-refractivity contribution is -0.122. The van der Waals surface area contributed by atoms with Crippen LogP contribution in [0.1, 0.15) is 12.7 Å². The Kier molecular flexibility index (Phi) is 4.19. The van der Waals surface area contributed by atoms with Crippen LogP contribution in [0.15, 0.2) is 44.7 Å². The van der Waals surface area contributed by atoms with Crippen LogP contribution in [0.4, 0.5) is 0 Å². The third-order valence-electron chi connectivity index (χ3n) is 2.71. The van der Waals surface area contributed by atoms with Crippen LogP contribution in [0, 0.1) is 0 Å². The highest BCUT2D eigenvalue weighted by atomic mass is 16.3. The number of hydrogen-bond acceptors (Lipinski definition) is 4. The Morgan fingerprint density at radius 3 is 2.90 bits per heavy atom. The average Bonchev–Trinajstić information content (AvgIpc) is 2.85. The Morgan fingerprint density at radius 1 is 1.45 bits per heavy atom. The zero-order valence-electron chi connectivity index (χ0n) is 11.0. The molecule has 0 aromatic carbocycles. The quantitative estimate of drug-likeness (QED) is 0.796. The van der Waals surface area contributed by atoms with E-state index in [1.165, 1.54) is 12.3 Å². The van der Waals surface area contributed by atoms with Crippen LogP contribution in [-0.4, -0.2) is 21.5 Å². The Hall–Kier alpha value is -2.57. The zero-order chi connectivity index (χ0) is 14.5. The Balaban J connectivity index is 1.92. The highest BCUT2D eigenvalue weighted by Crippen LogP contribution is 2.03. The number of nitrogens with one attached hydrogen (secondary N) is 2. The van der Waals surface area contributed by atoms with Crippen LogP contribution < -0.4 is 16.6 Å². The molecule has 0 aliphatic rings. The van der Waals surface area contributed by atoms with Gasteiger partial charge in [-0.25, -0.2) is 4.79 Å². The lowest BCUT2D eigenvalue weighted by Gasteiger charge is -2.13. The third-order valence-corrected chi connectivity index (χ3v) is 2.71. The first kappa shape index (κ1) is 13.9. The van der Waals surface area contributed by atoms with Gasteiger partial charge in [0.1, 0.15) is 12.3 Å². The number of hydrogen-bond donors (Lipinski definition) is 2. The maximum atomic E-state index is 11.8. The molecule has 2 N–H and O–H groups in total. The lowest BCUT2D eigenvalue weighted by atomic mass is 10.2. The van der Waals surface area contributed by atoms with Gasteiger partial charge < -0.3 is 9.73 Å². The molecular weight excluding hydrogens is 262 g/mol. The molecule has 0 aliphatic heterocycles. The van der Waals surface area contributed by atoms with E-state index in [4.69, 9.17) is 4.42 Å². The molecule has 0 saturated heterocycles. The molecule has 0 saturated carbocycles. The maximum Gasteiger partial charge on any atom is 0.328 e. The average molecular weight is 277 g/mol. The Bertz CT molecular complexity index is 684. The van der Waals surface area contributed by atoms with Crippen molar-refractivity contribution in [3.63, 3.8) is 0 Å². The van der Waals surface area contributed by atoms with Gasteiger partial charge >= 0.3 is 5.69 Å². The number of nitrogens with zero attached hydrogens (tertiary/aromatic N) is 1. The van der Waals surface area contributed by atoms with Crippen LogP contribution in [0.3, 0.4) is 0 Å². The lowest BCUT2D eigenvalue weighted by Crippen LogP contribution is -2.39. The predicted molar refractivity (Wildman–Crippen MR) is 71.3 cm³/mol. The fourth-order valence-electron chi connectivity index (χ4n) is 1.83. The van der Waals surface area contributed by atoms with E-state index >= 15 is 0 Å². The van der Waals surface area contributed by atoms with E-state index in [1.54, 1.807) is 12.3 Å². The standard InChI is InChI=1S/C13H15N3O4/c1-9(7-10-3-2-6-20-10)14-12(18)8-16-5-4-11(17)15-13(16)19/h2-6,9H,7-8H2,1H3,(H,14,18)(H,15,17,19). The number of aromatic amines is 1. The second-order valence-corrected chi connectivity index (χ2v) is 4.49. The van der Waals surface area contributed by atoms with Crippen LogP contribution >= 0.6 is 0 Å². The topological polar surface area (TPSA) is 97.1 Å². The molecule has 2 aromatic rings. The van der Waals surface area contributed by atoms with Crippen LogP contribution in [0.2, 0.25) is 0 Å². The second-order valence-electron chi connectivity index (χ2n) is 4.49. The first-order valence-electron chi connectivity index (χ1n) is 6.16. The van der Waals surface area contributed by atoms with Crippen LogP contribution in [0.25, 0.3) is 0 Å². The largest absolute Gasteiger partial charge is 0.469 e. The van der Waals surface area contributed by atoms with Crippen molar-refractivity contribution in [1.82, 2.24) is 14.9 Å². The summed E-state index contributed by atoms with van der Waals surface area (Å²) in [6.07, 6.45) is 3.43. The van der Waals surface area contributed by atoms with Crippen molar-refractivity contribution in [3.8, 4) is 0 Å². The summed E-state index contributed by atoms with van der Waals surface area (Å²) in [7, 11) is 0. The molecule has 0 bridgehead atoms. The molecule has 1 unspecified atom stereocenters. The van der Waals surface area contributed by atoms with Gasteiger partial charge in [0.25, 0.3) is 5.56 Å². The van der Waals surface area contributed by atoms with Gasteiger partial charge in [0.2, 0.25) is 5.91 Å². The van der Waals surface area contributed by atoms with Crippen molar-refractivity contribution in [3.05, 3.63) is 57.3 Å². The zero-order valence-corrected chi connectivity index (χ0v) is 11.0. The molecule has 1 amide bonds. The molecule has 7 nitrogen and oxygen atoms in total. The number of H-pyrrole nitrogens is 1. The van der Waals surface area contributed by atoms with E-state index in [1.807, 2.05) is 13.0 Å². The monoisotopic (exact) mass is 277 g/mol. The van der Waals surface area contributed by atoms with Gasteiger partial charge in [0.15, 0.2) is 0 Å². The first-order chi connectivity index (χ1) is 9.54. The van der Waals surface area contributed by atoms with Gasteiger partial charge in [-0.2, -0.15) is 0 Å². The number of carbonyl (C=O) groups is 1. The number of aromatic nitrogens is 2. The number of amides is 1. The van der Waals surface area contributed by atoms with Gasteiger partial charge in [-0.3, -0.25) is 19.1 Å². The molecule has 0 radical (unpaired) electrons. The minimum absolute atomic E-state index is 0.118. The van der Waals surface area contributed by atoms with Crippen molar-refractivity contribution in [2.45, 2.75) is 25.9 Å². The van der Waals surface area contributed by atoms with Crippen molar-refractivity contribution in [1.29, 1.82) is 0 Å². The van der Waals surface area contributed by atoms with Gasteiger partial charge in [-0.15, -0.1) is 0 Å². The molecular formula is C13H15N3O4. The van der Waals surface area contributed by atoms with E-state index in [2.05, 4.69) is 10.3 Å². The highest BCUT2D eigenvalue weighted by molar-refractivity contribution is 5.76. The molecule has 0 fully saturated rings. The molecule has 106 valence electrons. The SMILES string of the molecule is CC(Cc1ccco1)NC(=O)Cn1ccc(=O)[nH]c1=O. The normalized spacial score (nSPS) is 12.1. The van der Waals surface area contributed by atoms with Gasteiger partial charge in [0.05, 0.1) is 6.26 Å². The molecule has 2 rings (SSSR count). The number of carbonyl (C=O) groups excluding carboxylic acids is 1. The molecule has 20 heavy (non-hydrogen) atoms. The number of rotatable bonds is 5. The molecule has 0 spiro atoms. The van der Waals surface area contributed by atoms with Gasteiger partial charge in [-0.05, 0) is 19.1 Å².